The summed E-state index contributed by atoms with van der Waals surface area (Å²) in [7, 11) is 1.34. The molecule has 18 heteroatoms. The van der Waals surface area contributed by atoms with Crippen LogP contribution in [0, 0.1) is 5.92 Å². The molecule has 346 valence electrons. The average molecular weight is 898 g/mol. The quantitative estimate of drug-likeness (QED) is 0.0203. The Hall–Kier alpha value is -7.50. The van der Waals surface area contributed by atoms with Gasteiger partial charge in [0.1, 0.15) is 36.5 Å². The van der Waals surface area contributed by atoms with Crippen molar-refractivity contribution >= 4 is 47.9 Å². The molecule has 3 atom stereocenters. The molecule has 4 aromatic rings. The van der Waals surface area contributed by atoms with Crippen LogP contribution in [0.25, 0.3) is 11.3 Å². The molecule has 0 aliphatic carbocycles. The third-order valence-corrected chi connectivity index (χ3v) is 9.91. The number of hydrogen-bond acceptors (Lipinski definition) is 13. The number of rotatable bonds is 26. The van der Waals surface area contributed by atoms with E-state index >= 15 is 0 Å². The molecule has 0 saturated carbocycles. The zero-order valence-electron chi connectivity index (χ0n) is 36.8. The first kappa shape index (κ1) is 50.1. The van der Waals surface area contributed by atoms with E-state index in [0.29, 0.717) is 36.8 Å². The van der Waals surface area contributed by atoms with Gasteiger partial charge in [-0.1, -0.05) is 99.8 Å². The Bertz CT molecular complexity index is 2230. The van der Waals surface area contributed by atoms with Crippen LogP contribution >= 0.6 is 0 Å². The third kappa shape index (κ3) is 16.0. The molecule has 0 aliphatic heterocycles. The number of furan rings is 1. The van der Waals surface area contributed by atoms with Gasteiger partial charge in [-0.25, -0.2) is 14.4 Å². The number of Topliss-reactive ketones (excluding diaryl/α,β-unsaturated/α-hetero) is 1. The van der Waals surface area contributed by atoms with E-state index < -0.39 is 60.4 Å². The topological polar surface area (TPSA) is 238 Å². The lowest BCUT2D eigenvalue weighted by Gasteiger charge is -2.31. The summed E-state index contributed by atoms with van der Waals surface area (Å²) in [5.41, 5.74) is 1.66. The van der Waals surface area contributed by atoms with Gasteiger partial charge in [-0.15, -0.1) is 0 Å². The lowest BCUT2D eigenvalue weighted by atomic mass is 9.90. The van der Waals surface area contributed by atoms with Crippen LogP contribution in [-0.4, -0.2) is 85.4 Å². The van der Waals surface area contributed by atoms with E-state index in [1.54, 1.807) is 61.5 Å². The van der Waals surface area contributed by atoms with E-state index in [9.17, 15) is 38.4 Å². The number of hydroxylamine groups is 2. The Balaban J connectivity index is 1.49. The van der Waals surface area contributed by atoms with Crippen molar-refractivity contribution in [1.29, 1.82) is 0 Å². The predicted molar refractivity (Wildman–Crippen MR) is 234 cm³/mol. The van der Waals surface area contributed by atoms with Gasteiger partial charge < -0.3 is 44.7 Å². The number of nitrogens with one attached hydrogen (secondary N) is 4. The van der Waals surface area contributed by atoms with Crippen LogP contribution in [0.3, 0.4) is 0 Å². The summed E-state index contributed by atoms with van der Waals surface area (Å²) in [4.78, 5) is 107. The fourth-order valence-electron chi connectivity index (χ4n) is 6.55. The van der Waals surface area contributed by atoms with Gasteiger partial charge in [-0.2, -0.15) is 5.06 Å². The maximum atomic E-state index is 13.8. The zero-order chi connectivity index (χ0) is 47.1. The number of ether oxygens (including phenoxy) is 3. The summed E-state index contributed by atoms with van der Waals surface area (Å²) in [6.07, 6.45) is 2.17. The van der Waals surface area contributed by atoms with Gasteiger partial charge >= 0.3 is 18.0 Å². The number of hydrogen-bond donors (Lipinski definition) is 4. The van der Waals surface area contributed by atoms with E-state index in [-0.39, 0.29) is 54.9 Å². The van der Waals surface area contributed by atoms with Gasteiger partial charge in [-0.05, 0) is 55.2 Å². The number of ketones is 1. The second kappa shape index (κ2) is 26.2. The van der Waals surface area contributed by atoms with Crippen molar-refractivity contribution in [2.45, 2.75) is 84.6 Å². The molecule has 1 heterocycles. The van der Waals surface area contributed by atoms with Gasteiger partial charge in [0.2, 0.25) is 12.3 Å². The van der Waals surface area contributed by atoms with E-state index in [1.165, 1.54) is 44.3 Å². The van der Waals surface area contributed by atoms with Crippen LogP contribution in [-0.2, 0) is 51.5 Å². The largest absolute Gasteiger partial charge is 0.481 e. The maximum absolute atomic E-state index is 13.8. The summed E-state index contributed by atoms with van der Waals surface area (Å²) in [5, 5.41) is 10.9. The first-order valence-electron chi connectivity index (χ1n) is 21.1. The number of esters is 2. The SMILES string of the molecule is CCCCC[C@@H](C(=O)NCNC(=O)c1ccc(-c2ccc(C(=O)N[C@@H](CC(C)=O)C(=O)OCc3ccccc3)c(OCC(=O)OCc3ccccc3)c2)o1)[C@@H](CC)N(C=O)OC(=O)NC. The third-order valence-electron chi connectivity index (χ3n) is 9.91. The van der Waals surface area contributed by atoms with Crippen molar-refractivity contribution in [1.82, 2.24) is 26.3 Å². The average Bonchev–Trinajstić information content (AvgIpc) is 3.82. The Morgan fingerprint density at radius 3 is 2.09 bits per heavy atom. The molecular weight excluding hydrogens is 843 g/mol. The molecule has 0 unspecified atom stereocenters. The highest BCUT2D eigenvalue weighted by molar-refractivity contribution is 6.00. The molecule has 65 heavy (non-hydrogen) atoms. The fraction of sp³-hybridized carbons (Fsp3) is 0.362. The zero-order valence-corrected chi connectivity index (χ0v) is 36.8. The van der Waals surface area contributed by atoms with Crippen molar-refractivity contribution in [2.24, 2.45) is 5.92 Å². The molecule has 4 rings (SSSR count). The van der Waals surface area contributed by atoms with Crippen LogP contribution in [0.2, 0.25) is 0 Å². The van der Waals surface area contributed by atoms with E-state index in [1.807, 2.05) is 13.0 Å². The Morgan fingerprint density at radius 2 is 1.48 bits per heavy atom. The smallest absolute Gasteiger partial charge is 0.431 e. The second-order valence-electron chi connectivity index (χ2n) is 14.7. The maximum Gasteiger partial charge on any atom is 0.431 e. The van der Waals surface area contributed by atoms with Crippen LogP contribution in [0.5, 0.6) is 5.75 Å². The molecule has 4 N–H and O–H groups in total. The fourth-order valence-corrected chi connectivity index (χ4v) is 6.55. The summed E-state index contributed by atoms with van der Waals surface area (Å²) in [6.45, 7) is 3.99. The Labute approximate surface area is 376 Å². The first-order chi connectivity index (χ1) is 31.4. The lowest BCUT2D eigenvalue weighted by Crippen LogP contribution is -2.49. The molecule has 0 aliphatic rings. The summed E-state index contributed by atoms with van der Waals surface area (Å²) >= 11 is 0. The molecule has 0 spiro atoms. The minimum absolute atomic E-state index is 0.0270. The van der Waals surface area contributed by atoms with Crippen LogP contribution in [0.4, 0.5) is 4.79 Å². The monoisotopic (exact) mass is 897 g/mol. The normalized spacial score (nSPS) is 12.0. The van der Waals surface area contributed by atoms with Crippen molar-refractivity contribution < 1.29 is 61.8 Å². The van der Waals surface area contributed by atoms with Crippen molar-refractivity contribution in [3.63, 3.8) is 0 Å². The minimum Gasteiger partial charge on any atom is -0.481 e. The number of amides is 5. The molecule has 18 nitrogen and oxygen atoms in total. The number of nitrogens with zero attached hydrogens (tertiary/aromatic N) is 1. The molecule has 0 fully saturated rings. The van der Waals surface area contributed by atoms with Gasteiger partial charge in [0.25, 0.3) is 11.8 Å². The number of unbranched alkanes of at least 4 members (excludes halogenated alkanes) is 2. The highest BCUT2D eigenvalue weighted by Crippen LogP contribution is 2.30. The van der Waals surface area contributed by atoms with E-state index in [0.717, 1.165) is 23.5 Å². The first-order valence-corrected chi connectivity index (χ1v) is 21.1. The van der Waals surface area contributed by atoms with Gasteiger partial charge in [0.05, 0.1) is 24.2 Å². The number of benzene rings is 3. The summed E-state index contributed by atoms with van der Waals surface area (Å²) in [5.74, 6) is -4.81. The lowest BCUT2D eigenvalue weighted by molar-refractivity contribution is -0.169. The van der Waals surface area contributed by atoms with Gasteiger partial charge in [0, 0.05) is 19.0 Å². The summed E-state index contributed by atoms with van der Waals surface area (Å²) in [6, 6.07) is 22.8. The molecule has 0 radical (unpaired) electrons. The summed E-state index contributed by atoms with van der Waals surface area (Å²) < 4.78 is 22.4. The van der Waals surface area contributed by atoms with Crippen LogP contribution < -0.4 is 26.0 Å². The standard InChI is InChI=1S/C47H55N5O13/c1-5-7-10-19-35(38(6-2)52(30-53)65-47(60)48-4)43(56)49-29-50-45(58)40-23-22-39(64-40)34-20-21-36(41(25-34)61-28-42(55)62-26-32-15-11-8-12-16-32)44(57)51-37(24-31(3)54)46(59)63-27-33-17-13-9-14-18-33/h8-9,11-18,20-23,25,30,35,37-38H,5-7,10,19,24,26-29H2,1-4H3,(H,48,60)(H,49,56)(H,50,58)(H,51,57)/t35-,37+,38-/m1/s1. The Kier molecular flexibility index (Phi) is 20.2. The minimum atomic E-state index is -1.35. The number of carbonyl (C=O) groups excluding carboxylic acids is 8. The predicted octanol–water partition coefficient (Wildman–Crippen LogP) is 5.40. The van der Waals surface area contributed by atoms with E-state index in [2.05, 4.69) is 21.3 Å². The molecule has 0 bridgehead atoms. The molecule has 0 saturated heterocycles. The van der Waals surface area contributed by atoms with E-state index in [4.69, 9.17) is 23.5 Å². The highest BCUT2D eigenvalue weighted by Gasteiger charge is 2.33. The molecular formula is C47H55N5O13. The van der Waals surface area contributed by atoms with Crippen LogP contribution in [0.1, 0.15) is 91.3 Å². The molecule has 5 amide bonds. The van der Waals surface area contributed by atoms with Crippen molar-refractivity contribution in [2.75, 3.05) is 20.3 Å². The highest BCUT2D eigenvalue weighted by atomic mass is 16.7. The van der Waals surface area contributed by atoms with Crippen LogP contribution in [0.15, 0.2) is 95.4 Å². The van der Waals surface area contributed by atoms with Crippen molar-refractivity contribution in [3.05, 3.63) is 113 Å². The number of carbonyl (C=O) groups is 8. The Morgan fingerprint density at radius 1 is 0.800 bits per heavy atom. The molecule has 3 aromatic carbocycles. The van der Waals surface area contributed by atoms with Gasteiger partial charge in [-0.3, -0.25) is 24.0 Å². The van der Waals surface area contributed by atoms with Gasteiger partial charge in [0.15, 0.2) is 12.4 Å². The second-order valence-corrected chi connectivity index (χ2v) is 14.7. The van der Waals surface area contributed by atoms with Crippen molar-refractivity contribution in [3.8, 4) is 17.1 Å². The molecule has 1 aromatic heterocycles.